The first kappa shape index (κ1) is 19.5. The number of aryl methyl sites for hydroxylation is 1. The quantitative estimate of drug-likeness (QED) is 0.855. The van der Waals surface area contributed by atoms with Gasteiger partial charge in [-0.1, -0.05) is 24.3 Å². The largest absolute Gasteiger partial charge is 0.481 e. The van der Waals surface area contributed by atoms with Crippen LogP contribution in [0.2, 0.25) is 0 Å². The van der Waals surface area contributed by atoms with E-state index in [-0.39, 0.29) is 17.4 Å². The molecule has 0 fully saturated rings. The topological polar surface area (TPSA) is 67.4 Å². The number of benzene rings is 2. The van der Waals surface area contributed by atoms with E-state index in [1.54, 1.807) is 31.2 Å². The summed E-state index contributed by atoms with van der Waals surface area (Å²) in [4.78, 5) is 25.0. The molecule has 138 valence electrons. The lowest BCUT2D eigenvalue weighted by Crippen LogP contribution is -2.41. The second-order valence-corrected chi connectivity index (χ2v) is 7.32. The zero-order chi connectivity index (χ0) is 19.3. The van der Waals surface area contributed by atoms with Gasteiger partial charge in [0.25, 0.3) is 11.8 Å². The van der Waals surface area contributed by atoms with Crippen LogP contribution in [0, 0.1) is 6.92 Å². The predicted octanol–water partition coefficient (Wildman–Crippen LogP) is 3.93. The molecule has 0 aliphatic carbocycles. The van der Waals surface area contributed by atoms with Gasteiger partial charge in [0.1, 0.15) is 5.75 Å². The number of para-hydroxylation sites is 1. The molecular formula is C21H26N2O3. The van der Waals surface area contributed by atoms with Crippen molar-refractivity contribution in [2.45, 2.75) is 46.3 Å². The zero-order valence-electron chi connectivity index (χ0n) is 15.9. The molecule has 0 aliphatic rings. The minimum Gasteiger partial charge on any atom is -0.481 e. The number of nitrogens with one attached hydrogen (secondary N) is 2. The third-order valence-corrected chi connectivity index (χ3v) is 3.59. The molecule has 0 saturated carbocycles. The normalized spacial score (nSPS) is 12.2. The van der Waals surface area contributed by atoms with Gasteiger partial charge >= 0.3 is 0 Å². The lowest BCUT2D eigenvalue weighted by Gasteiger charge is -2.22. The first-order valence-corrected chi connectivity index (χ1v) is 8.61. The van der Waals surface area contributed by atoms with Gasteiger partial charge in [0.15, 0.2) is 6.10 Å². The van der Waals surface area contributed by atoms with Crippen LogP contribution in [-0.2, 0) is 4.79 Å². The van der Waals surface area contributed by atoms with Gasteiger partial charge in [-0.05, 0) is 64.4 Å². The molecule has 0 spiro atoms. The van der Waals surface area contributed by atoms with E-state index in [1.165, 1.54) is 0 Å². The van der Waals surface area contributed by atoms with Crippen LogP contribution in [0.4, 0.5) is 5.69 Å². The summed E-state index contributed by atoms with van der Waals surface area (Å²) in [7, 11) is 0. The number of rotatable bonds is 5. The lowest BCUT2D eigenvalue weighted by molar-refractivity contribution is -0.122. The highest BCUT2D eigenvalue weighted by molar-refractivity contribution is 6.04. The Kier molecular flexibility index (Phi) is 6.03. The molecule has 5 nitrogen and oxygen atoms in total. The molecule has 26 heavy (non-hydrogen) atoms. The Balaban J connectivity index is 2.10. The summed E-state index contributed by atoms with van der Waals surface area (Å²) in [5.74, 6) is 0.0783. The maximum Gasteiger partial charge on any atom is 0.265 e. The van der Waals surface area contributed by atoms with E-state index in [2.05, 4.69) is 10.6 Å². The Morgan fingerprint density at radius 2 is 1.73 bits per heavy atom. The first-order valence-electron chi connectivity index (χ1n) is 8.61. The molecule has 0 saturated heterocycles. The second-order valence-electron chi connectivity index (χ2n) is 7.32. The fourth-order valence-corrected chi connectivity index (χ4v) is 2.38. The molecule has 1 atom stereocenters. The first-order chi connectivity index (χ1) is 12.2. The summed E-state index contributed by atoms with van der Waals surface area (Å²) in [5.41, 5.74) is 1.56. The van der Waals surface area contributed by atoms with E-state index < -0.39 is 6.10 Å². The van der Waals surface area contributed by atoms with E-state index in [9.17, 15) is 9.59 Å². The van der Waals surface area contributed by atoms with Crippen LogP contribution in [-0.4, -0.2) is 23.5 Å². The van der Waals surface area contributed by atoms with Crippen molar-refractivity contribution in [2.24, 2.45) is 0 Å². The number of ether oxygens (including phenoxy) is 1. The van der Waals surface area contributed by atoms with Crippen molar-refractivity contribution in [3.8, 4) is 5.75 Å². The van der Waals surface area contributed by atoms with Gasteiger partial charge in [-0.25, -0.2) is 0 Å². The Morgan fingerprint density at radius 3 is 2.38 bits per heavy atom. The van der Waals surface area contributed by atoms with E-state index >= 15 is 0 Å². The van der Waals surface area contributed by atoms with E-state index in [0.717, 1.165) is 5.56 Å². The third kappa shape index (κ3) is 5.62. The molecule has 0 heterocycles. The van der Waals surface area contributed by atoms with Crippen molar-refractivity contribution in [1.82, 2.24) is 5.32 Å². The summed E-state index contributed by atoms with van der Waals surface area (Å²) in [6.07, 6.45) is -0.699. The zero-order valence-corrected chi connectivity index (χ0v) is 15.9. The second kappa shape index (κ2) is 8.04. The molecule has 2 rings (SSSR count). The minimum absolute atomic E-state index is 0.236. The van der Waals surface area contributed by atoms with Crippen LogP contribution < -0.4 is 15.4 Å². The van der Waals surface area contributed by atoms with Crippen LogP contribution in [0.25, 0.3) is 0 Å². The highest BCUT2D eigenvalue weighted by atomic mass is 16.5. The Labute approximate surface area is 154 Å². The number of anilines is 1. The monoisotopic (exact) mass is 354 g/mol. The van der Waals surface area contributed by atoms with E-state index in [4.69, 9.17) is 4.74 Å². The summed E-state index contributed by atoms with van der Waals surface area (Å²) in [6, 6.07) is 14.4. The summed E-state index contributed by atoms with van der Waals surface area (Å²) in [5, 5.41) is 5.69. The minimum atomic E-state index is -0.699. The standard InChI is InChI=1S/C21H26N2O3/c1-14-9-8-10-16(13-14)26-15(2)19(24)22-18-12-7-6-11-17(18)20(25)23-21(3,4)5/h6-13,15H,1-5H3,(H,22,24)(H,23,25). The lowest BCUT2D eigenvalue weighted by atomic mass is 10.1. The third-order valence-electron chi connectivity index (χ3n) is 3.59. The molecule has 2 aromatic rings. The maximum atomic E-state index is 12.5. The highest BCUT2D eigenvalue weighted by Gasteiger charge is 2.21. The number of carbonyl (C=O) groups is 2. The van der Waals surface area contributed by atoms with Gasteiger partial charge in [0.2, 0.25) is 0 Å². The maximum absolute atomic E-state index is 12.5. The average Bonchev–Trinajstić information content (AvgIpc) is 2.53. The molecule has 0 aliphatic heterocycles. The van der Waals surface area contributed by atoms with Crippen LogP contribution in [0.5, 0.6) is 5.75 Å². The van der Waals surface area contributed by atoms with Crippen molar-refractivity contribution in [3.63, 3.8) is 0 Å². The predicted molar refractivity (Wildman–Crippen MR) is 104 cm³/mol. The number of amides is 2. The van der Waals surface area contributed by atoms with Crippen molar-refractivity contribution >= 4 is 17.5 Å². The van der Waals surface area contributed by atoms with Gasteiger partial charge in [-0.3, -0.25) is 9.59 Å². The molecule has 1 unspecified atom stereocenters. The van der Waals surface area contributed by atoms with Crippen molar-refractivity contribution in [3.05, 3.63) is 59.7 Å². The smallest absolute Gasteiger partial charge is 0.265 e. The summed E-state index contributed by atoms with van der Waals surface area (Å²) < 4.78 is 5.70. The number of carbonyl (C=O) groups excluding carboxylic acids is 2. The van der Waals surface area contributed by atoms with Gasteiger partial charge in [0.05, 0.1) is 11.3 Å². The molecule has 2 aromatic carbocycles. The SMILES string of the molecule is Cc1cccc(OC(C)C(=O)Nc2ccccc2C(=O)NC(C)(C)C)c1. The molecule has 2 N–H and O–H groups in total. The van der Waals surface area contributed by atoms with Crippen LogP contribution in [0.1, 0.15) is 43.6 Å². The fourth-order valence-electron chi connectivity index (χ4n) is 2.38. The number of hydrogen-bond donors (Lipinski definition) is 2. The molecule has 0 aromatic heterocycles. The average molecular weight is 354 g/mol. The van der Waals surface area contributed by atoms with E-state index in [0.29, 0.717) is 17.0 Å². The molecule has 0 bridgehead atoms. The van der Waals surface area contributed by atoms with Gasteiger partial charge in [-0.15, -0.1) is 0 Å². The van der Waals surface area contributed by atoms with Crippen LogP contribution in [0.15, 0.2) is 48.5 Å². The molecule has 0 radical (unpaired) electrons. The Bertz CT molecular complexity index is 794. The van der Waals surface area contributed by atoms with Gasteiger partial charge < -0.3 is 15.4 Å². The van der Waals surface area contributed by atoms with Crippen molar-refractivity contribution in [1.29, 1.82) is 0 Å². The van der Waals surface area contributed by atoms with Gasteiger partial charge in [0, 0.05) is 5.54 Å². The van der Waals surface area contributed by atoms with E-state index in [1.807, 2.05) is 52.0 Å². The molecule has 2 amide bonds. The van der Waals surface area contributed by atoms with Crippen molar-refractivity contribution < 1.29 is 14.3 Å². The van der Waals surface area contributed by atoms with Crippen LogP contribution in [0.3, 0.4) is 0 Å². The van der Waals surface area contributed by atoms with Gasteiger partial charge in [-0.2, -0.15) is 0 Å². The fraction of sp³-hybridized carbons (Fsp3) is 0.333. The van der Waals surface area contributed by atoms with Crippen molar-refractivity contribution in [2.75, 3.05) is 5.32 Å². The Hall–Kier alpha value is -2.82. The summed E-state index contributed by atoms with van der Waals surface area (Å²) >= 11 is 0. The number of hydrogen-bond acceptors (Lipinski definition) is 3. The molecular weight excluding hydrogens is 328 g/mol. The highest BCUT2D eigenvalue weighted by Crippen LogP contribution is 2.18. The Morgan fingerprint density at radius 1 is 1.04 bits per heavy atom. The summed E-state index contributed by atoms with van der Waals surface area (Å²) in [6.45, 7) is 9.36. The van der Waals surface area contributed by atoms with Crippen LogP contribution >= 0.6 is 0 Å². The molecule has 5 heteroatoms.